The van der Waals surface area contributed by atoms with Gasteiger partial charge in [0.2, 0.25) is 9.84 Å². The Bertz CT molecular complexity index is 1030. The molecule has 5 heteroatoms. The number of sulfone groups is 1. The minimum atomic E-state index is -3.64. The molecule has 0 radical (unpaired) electrons. The Morgan fingerprint density at radius 3 is 2.50 bits per heavy atom. The molecule has 4 rings (SSSR count). The predicted molar refractivity (Wildman–Crippen MR) is 104 cm³/mol. The number of hydrogen-bond donors (Lipinski definition) is 0. The number of fused-ring (bicyclic) bond motifs is 1. The number of rotatable bonds is 3. The number of para-hydroxylation sites is 1. The van der Waals surface area contributed by atoms with Crippen LogP contribution in [0, 0.1) is 0 Å². The molecule has 1 atom stereocenters. The third-order valence-electron chi connectivity index (χ3n) is 5.15. The molecule has 2 heterocycles. The number of aromatic nitrogens is 1. The summed E-state index contributed by atoms with van der Waals surface area (Å²) in [6, 6.07) is 16.7. The summed E-state index contributed by atoms with van der Waals surface area (Å²) < 4.78 is 26.8. The van der Waals surface area contributed by atoms with Crippen LogP contribution in [-0.4, -0.2) is 26.0 Å². The molecule has 3 aromatic rings. The monoisotopic (exact) mass is 366 g/mol. The van der Waals surface area contributed by atoms with Crippen molar-refractivity contribution in [1.82, 2.24) is 4.98 Å². The van der Waals surface area contributed by atoms with Crippen LogP contribution in [-0.2, 0) is 9.84 Å². The second-order valence-electron chi connectivity index (χ2n) is 6.84. The average molecular weight is 366 g/mol. The maximum absolute atomic E-state index is 13.4. The zero-order valence-corrected chi connectivity index (χ0v) is 15.6. The quantitative estimate of drug-likeness (QED) is 0.687. The van der Waals surface area contributed by atoms with Gasteiger partial charge in [0.05, 0.1) is 16.1 Å². The van der Waals surface area contributed by atoms with Crippen LogP contribution in [0.3, 0.4) is 0 Å². The summed E-state index contributed by atoms with van der Waals surface area (Å²) in [6.45, 7) is 3.04. The molecule has 0 spiro atoms. The van der Waals surface area contributed by atoms with E-state index in [-0.39, 0.29) is 0 Å². The molecule has 134 valence electrons. The molecule has 0 saturated carbocycles. The molecular formula is C21H22N2O2S. The molecule has 0 bridgehead atoms. The highest BCUT2D eigenvalue weighted by molar-refractivity contribution is 7.91. The first kappa shape index (κ1) is 17.0. The Morgan fingerprint density at radius 1 is 1.00 bits per heavy atom. The number of benzene rings is 2. The lowest BCUT2D eigenvalue weighted by atomic mass is 10.0. The first-order valence-corrected chi connectivity index (χ1v) is 10.5. The number of pyridine rings is 1. The van der Waals surface area contributed by atoms with Crippen LogP contribution >= 0.6 is 0 Å². The summed E-state index contributed by atoms with van der Waals surface area (Å²) >= 11 is 0. The minimum absolute atomic E-state index is 0.302. The van der Waals surface area contributed by atoms with E-state index < -0.39 is 9.84 Å². The van der Waals surface area contributed by atoms with Gasteiger partial charge in [0.1, 0.15) is 4.90 Å². The van der Waals surface area contributed by atoms with Crippen molar-refractivity contribution in [3.63, 3.8) is 0 Å². The predicted octanol–water partition coefficient (Wildman–Crippen LogP) is 4.45. The average Bonchev–Trinajstić information content (AvgIpc) is 2.68. The largest absolute Gasteiger partial charge is 0.367 e. The van der Waals surface area contributed by atoms with Gasteiger partial charge in [-0.15, -0.1) is 0 Å². The molecule has 0 aliphatic carbocycles. The number of anilines is 1. The summed E-state index contributed by atoms with van der Waals surface area (Å²) in [5.41, 5.74) is 1.62. The Balaban J connectivity index is 1.99. The van der Waals surface area contributed by atoms with Gasteiger partial charge in [0, 0.05) is 24.2 Å². The van der Waals surface area contributed by atoms with Crippen molar-refractivity contribution >= 4 is 26.4 Å². The van der Waals surface area contributed by atoms with Gasteiger partial charge in [0.15, 0.2) is 0 Å². The van der Waals surface area contributed by atoms with Crippen LogP contribution in [0.15, 0.2) is 70.6 Å². The van der Waals surface area contributed by atoms with Crippen LogP contribution in [0.25, 0.3) is 10.9 Å². The van der Waals surface area contributed by atoms with E-state index >= 15 is 0 Å². The molecule has 0 N–H and O–H groups in total. The fraction of sp³-hybridized carbons (Fsp3) is 0.286. The minimum Gasteiger partial charge on any atom is -0.367 e. The lowest BCUT2D eigenvalue weighted by molar-refractivity contribution is 0.483. The first-order valence-electron chi connectivity index (χ1n) is 9.03. The molecule has 1 aromatic heterocycles. The van der Waals surface area contributed by atoms with Gasteiger partial charge >= 0.3 is 0 Å². The fourth-order valence-electron chi connectivity index (χ4n) is 3.76. The van der Waals surface area contributed by atoms with Gasteiger partial charge in [-0.1, -0.05) is 36.4 Å². The van der Waals surface area contributed by atoms with E-state index in [1.807, 2.05) is 30.3 Å². The van der Waals surface area contributed by atoms with E-state index in [9.17, 15) is 8.42 Å². The van der Waals surface area contributed by atoms with E-state index in [0.29, 0.717) is 15.8 Å². The van der Waals surface area contributed by atoms with E-state index in [2.05, 4.69) is 16.8 Å². The highest BCUT2D eigenvalue weighted by Crippen LogP contribution is 2.38. The molecule has 4 nitrogen and oxygen atoms in total. The zero-order valence-electron chi connectivity index (χ0n) is 14.8. The first-order chi connectivity index (χ1) is 12.6. The topological polar surface area (TPSA) is 50.3 Å². The maximum atomic E-state index is 13.4. The van der Waals surface area contributed by atoms with Gasteiger partial charge < -0.3 is 4.90 Å². The van der Waals surface area contributed by atoms with Crippen molar-refractivity contribution in [3.8, 4) is 0 Å². The highest BCUT2D eigenvalue weighted by Gasteiger charge is 2.29. The van der Waals surface area contributed by atoms with E-state index in [4.69, 9.17) is 0 Å². The van der Waals surface area contributed by atoms with Crippen molar-refractivity contribution in [1.29, 1.82) is 0 Å². The fourth-order valence-corrected chi connectivity index (χ4v) is 5.20. The van der Waals surface area contributed by atoms with E-state index in [0.717, 1.165) is 36.0 Å². The van der Waals surface area contributed by atoms with Crippen LogP contribution in [0.1, 0.15) is 26.2 Å². The molecule has 1 saturated heterocycles. The SMILES string of the molecule is CC1CCCCN1c1c(S(=O)(=O)c2ccccc2)cnc2ccccc12. The third-order valence-corrected chi connectivity index (χ3v) is 6.92. The highest BCUT2D eigenvalue weighted by atomic mass is 32.2. The third kappa shape index (κ3) is 2.86. The molecule has 0 amide bonds. The van der Waals surface area contributed by atoms with Crippen molar-refractivity contribution < 1.29 is 8.42 Å². The molecule has 1 aliphatic rings. The summed E-state index contributed by atoms with van der Waals surface area (Å²) in [7, 11) is -3.64. The maximum Gasteiger partial charge on any atom is 0.210 e. The Kier molecular flexibility index (Phi) is 4.41. The lowest BCUT2D eigenvalue weighted by Crippen LogP contribution is -2.38. The summed E-state index contributed by atoms with van der Waals surface area (Å²) in [4.78, 5) is 7.31. The second kappa shape index (κ2) is 6.72. The molecule has 2 aromatic carbocycles. The normalized spacial score (nSPS) is 18.2. The lowest BCUT2D eigenvalue weighted by Gasteiger charge is -2.37. The molecular weight excluding hydrogens is 344 g/mol. The van der Waals surface area contributed by atoms with Crippen LogP contribution in [0.4, 0.5) is 5.69 Å². The van der Waals surface area contributed by atoms with Gasteiger partial charge in [-0.25, -0.2) is 8.42 Å². The van der Waals surface area contributed by atoms with Crippen molar-refractivity contribution in [3.05, 3.63) is 60.8 Å². The number of nitrogens with zero attached hydrogens (tertiary/aromatic N) is 2. The molecule has 1 unspecified atom stereocenters. The van der Waals surface area contributed by atoms with Crippen LogP contribution < -0.4 is 4.90 Å². The van der Waals surface area contributed by atoms with Gasteiger partial charge in [0.25, 0.3) is 0 Å². The van der Waals surface area contributed by atoms with E-state index in [1.165, 1.54) is 12.6 Å². The molecule has 26 heavy (non-hydrogen) atoms. The zero-order chi connectivity index (χ0) is 18.1. The Labute approximate surface area is 154 Å². The van der Waals surface area contributed by atoms with Crippen molar-refractivity contribution in [2.24, 2.45) is 0 Å². The summed E-state index contributed by atoms with van der Waals surface area (Å²) in [6.07, 6.45) is 4.86. The standard InChI is InChI=1S/C21H22N2O2S/c1-16-9-7-8-14-23(16)21-18-12-5-6-13-19(18)22-15-20(21)26(24,25)17-10-3-2-4-11-17/h2-6,10-13,15-16H,7-9,14H2,1H3. The summed E-state index contributed by atoms with van der Waals surface area (Å²) in [5, 5.41) is 0.901. The van der Waals surface area contributed by atoms with Crippen molar-refractivity contribution in [2.75, 3.05) is 11.4 Å². The van der Waals surface area contributed by atoms with Gasteiger partial charge in [-0.3, -0.25) is 4.98 Å². The Hall–Kier alpha value is -2.40. The van der Waals surface area contributed by atoms with Crippen LogP contribution in [0.2, 0.25) is 0 Å². The molecule has 1 fully saturated rings. The summed E-state index contributed by atoms with van der Waals surface area (Å²) in [5.74, 6) is 0. The number of piperidine rings is 1. The van der Waals surface area contributed by atoms with E-state index in [1.54, 1.807) is 24.3 Å². The molecule has 1 aliphatic heterocycles. The van der Waals surface area contributed by atoms with Crippen LogP contribution in [0.5, 0.6) is 0 Å². The second-order valence-corrected chi connectivity index (χ2v) is 8.76. The smallest absolute Gasteiger partial charge is 0.210 e. The Morgan fingerprint density at radius 2 is 1.73 bits per heavy atom. The van der Waals surface area contributed by atoms with Gasteiger partial charge in [-0.05, 0) is 44.4 Å². The van der Waals surface area contributed by atoms with Crippen molar-refractivity contribution in [2.45, 2.75) is 42.0 Å². The number of hydrogen-bond acceptors (Lipinski definition) is 4. The van der Waals surface area contributed by atoms with Gasteiger partial charge in [-0.2, -0.15) is 0 Å².